The SMILES string of the molecule is CC(C)[C@H](C)Nc1c(Nc2cc(C#N)cc(C(=O)N(C)C)c2O)c(=O)[nH]n(C)c1=O. The summed E-state index contributed by atoms with van der Waals surface area (Å²) < 4.78 is 1.05. The molecule has 0 aliphatic carbocycles. The van der Waals surface area contributed by atoms with Gasteiger partial charge >= 0.3 is 0 Å². The van der Waals surface area contributed by atoms with Gasteiger partial charge in [-0.25, -0.2) is 0 Å². The van der Waals surface area contributed by atoms with Crippen molar-refractivity contribution in [2.75, 3.05) is 24.7 Å². The fourth-order valence-corrected chi connectivity index (χ4v) is 2.63. The lowest BCUT2D eigenvalue weighted by atomic mass is 10.1. The van der Waals surface area contributed by atoms with Gasteiger partial charge in [-0.05, 0) is 25.0 Å². The molecule has 0 unspecified atom stereocenters. The molecular weight excluding hydrogens is 388 g/mol. The minimum atomic E-state index is -0.613. The van der Waals surface area contributed by atoms with E-state index in [0.29, 0.717) is 0 Å². The second-order valence-electron chi connectivity index (χ2n) is 7.59. The first-order valence-electron chi connectivity index (χ1n) is 9.33. The summed E-state index contributed by atoms with van der Waals surface area (Å²) in [6.45, 7) is 5.80. The van der Waals surface area contributed by atoms with E-state index in [1.807, 2.05) is 26.8 Å². The van der Waals surface area contributed by atoms with Crippen LogP contribution in [0.2, 0.25) is 0 Å². The van der Waals surface area contributed by atoms with E-state index in [1.165, 1.54) is 38.2 Å². The standard InChI is InChI=1S/C20H26N6O4/c1-10(2)11(3)22-16-15(18(28)24-26(6)20(16)30)23-14-8-12(9-21)7-13(17(14)27)19(29)25(4)5/h7-8,10-11,22-23,27H,1-6H3,(H,24,28)/t11-/m0/s1. The Morgan fingerprint density at radius 3 is 2.40 bits per heavy atom. The van der Waals surface area contributed by atoms with Crippen LogP contribution in [-0.2, 0) is 7.05 Å². The zero-order valence-corrected chi connectivity index (χ0v) is 17.8. The fourth-order valence-electron chi connectivity index (χ4n) is 2.63. The lowest BCUT2D eigenvalue weighted by Crippen LogP contribution is -2.35. The summed E-state index contributed by atoms with van der Waals surface area (Å²) in [5.41, 5.74) is -1.25. The second-order valence-corrected chi connectivity index (χ2v) is 7.59. The number of aryl methyl sites for hydroxylation is 1. The van der Waals surface area contributed by atoms with Gasteiger partial charge in [0.2, 0.25) is 0 Å². The molecule has 0 saturated heterocycles. The van der Waals surface area contributed by atoms with Crippen molar-refractivity contribution in [2.24, 2.45) is 13.0 Å². The number of hydrogen-bond acceptors (Lipinski definition) is 7. The molecular formula is C20H26N6O4. The Labute approximate surface area is 173 Å². The van der Waals surface area contributed by atoms with Gasteiger partial charge in [0.25, 0.3) is 17.0 Å². The van der Waals surface area contributed by atoms with E-state index >= 15 is 0 Å². The van der Waals surface area contributed by atoms with Gasteiger partial charge in [0.15, 0.2) is 5.75 Å². The first kappa shape index (κ1) is 22.5. The molecule has 0 fully saturated rings. The highest BCUT2D eigenvalue weighted by Gasteiger charge is 2.22. The summed E-state index contributed by atoms with van der Waals surface area (Å²) in [6.07, 6.45) is 0. The molecule has 1 aromatic heterocycles. The zero-order valence-electron chi connectivity index (χ0n) is 17.8. The molecule has 0 aliphatic rings. The largest absolute Gasteiger partial charge is 0.505 e. The molecule has 1 amide bonds. The van der Waals surface area contributed by atoms with Crippen LogP contribution in [0.5, 0.6) is 5.75 Å². The third kappa shape index (κ3) is 4.46. The van der Waals surface area contributed by atoms with Crippen LogP contribution in [0.25, 0.3) is 0 Å². The normalized spacial score (nSPS) is 11.7. The summed E-state index contributed by atoms with van der Waals surface area (Å²) in [5, 5.41) is 28.1. The monoisotopic (exact) mass is 414 g/mol. The molecule has 0 aliphatic heterocycles. The number of benzene rings is 1. The summed E-state index contributed by atoms with van der Waals surface area (Å²) in [6, 6.07) is 4.35. The Hall–Kier alpha value is -3.74. The van der Waals surface area contributed by atoms with Gasteiger partial charge in [0, 0.05) is 27.2 Å². The van der Waals surface area contributed by atoms with Crippen LogP contribution < -0.4 is 21.8 Å². The number of rotatable bonds is 6. The number of H-pyrrole nitrogens is 1. The first-order valence-corrected chi connectivity index (χ1v) is 9.33. The van der Waals surface area contributed by atoms with Crippen molar-refractivity contribution >= 4 is 23.0 Å². The number of hydrogen-bond donors (Lipinski definition) is 4. The van der Waals surface area contributed by atoms with Crippen LogP contribution in [0.1, 0.15) is 36.7 Å². The van der Waals surface area contributed by atoms with Crippen LogP contribution in [0, 0.1) is 17.2 Å². The molecule has 2 aromatic rings. The Morgan fingerprint density at radius 1 is 1.23 bits per heavy atom. The van der Waals surface area contributed by atoms with Gasteiger partial charge in [-0.15, -0.1) is 0 Å². The van der Waals surface area contributed by atoms with Gasteiger partial charge in [-0.2, -0.15) is 5.26 Å². The molecule has 160 valence electrons. The number of phenols is 1. The van der Waals surface area contributed by atoms with Crippen molar-refractivity contribution < 1.29 is 9.90 Å². The highest BCUT2D eigenvalue weighted by atomic mass is 16.3. The predicted octanol–water partition coefficient (Wildman–Crippen LogP) is 1.55. The van der Waals surface area contributed by atoms with Crippen LogP contribution in [0.15, 0.2) is 21.7 Å². The van der Waals surface area contributed by atoms with E-state index in [9.17, 15) is 24.8 Å². The van der Waals surface area contributed by atoms with Gasteiger partial charge in [0.1, 0.15) is 11.4 Å². The molecule has 1 heterocycles. The van der Waals surface area contributed by atoms with Gasteiger partial charge in [0.05, 0.1) is 22.9 Å². The molecule has 0 saturated carbocycles. The summed E-state index contributed by atoms with van der Waals surface area (Å²) in [7, 11) is 4.43. The Bertz CT molecular complexity index is 1120. The number of carbonyl (C=O) groups is 1. The maximum absolute atomic E-state index is 12.7. The molecule has 30 heavy (non-hydrogen) atoms. The number of nitrogens with one attached hydrogen (secondary N) is 3. The third-order valence-corrected chi connectivity index (χ3v) is 4.77. The van der Waals surface area contributed by atoms with E-state index in [0.717, 1.165) is 4.68 Å². The van der Waals surface area contributed by atoms with Gasteiger partial charge in [-0.3, -0.25) is 24.2 Å². The molecule has 0 bridgehead atoms. The maximum Gasteiger partial charge on any atom is 0.290 e. The minimum Gasteiger partial charge on any atom is -0.505 e. The third-order valence-electron chi connectivity index (χ3n) is 4.77. The van der Waals surface area contributed by atoms with Crippen molar-refractivity contribution in [1.82, 2.24) is 14.7 Å². The summed E-state index contributed by atoms with van der Waals surface area (Å²) >= 11 is 0. The summed E-state index contributed by atoms with van der Waals surface area (Å²) in [5.74, 6) is -0.783. The number of carbonyl (C=O) groups excluding carboxylic acids is 1. The van der Waals surface area contributed by atoms with Crippen molar-refractivity contribution in [3.05, 3.63) is 44.0 Å². The number of anilines is 3. The number of aromatic nitrogens is 2. The highest BCUT2D eigenvalue weighted by Crippen LogP contribution is 2.33. The van der Waals surface area contributed by atoms with E-state index < -0.39 is 22.8 Å². The topological polar surface area (TPSA) is 143 Å². The molecule has 0 spiro atoms. The molecule has 0 radical (unpaired) electrons. The number of aromatic hydroxyl groups is 1. The number of aromatic amines is 1. The van der Waals surface area contributed by atoms with E-state index in [1.54, 1.807) is 0 Å². The van der Waals surface area contributed by atoms with Crippen LogP contribution in [0.3, 0.4) is 0 Å². The second kappa shape index (κ2) is 8.73. The Kier molecular flexibility index (Phi) is 6.56. The number of amides is 1. The Balaban J connectivity index is 2.68. The molecule has 1 aromatic carbocycles. The van der Waals surface area contributed by atoms with Crippen molar-refractivity contribution in [3.63, 3.8) is 0 Å². The van der Waals surface area contributed by atoms with Crippen molar-refractivity contribution in [3.8, 4) is 11.8 Å². The number of nitrogens with zero attached hydrogens (tertiary/aromatic N) is 3. The lowest BCUT2D eigenvalue weighted by molar-refractivity contribution is 0.0824. The Morgan fingerprint density at radius 2 is 1.87 bits per heavy atom. The lowest BCUT2D eigenvalue weighted by Gasteiger charge is -2.21. The van der Waals surface area contributed by atoms with E-state index in [-0.39, 0.29) is 40.1 Å². The highest BCUT2D eigenvalue weighted by molar-refractivity contribution is 5.99. The predicted molar refractivity (Wildman–Crippen MR) is 114 cm³/mol. The quantitative estimate of drug-likeness (QED) is 0.525. The van der Waals surface area contributed by atoms with Crippen LogP contribution in [-0.4, -0.2) is 45.8 Å². The maximum atomic E-state index is 12.7. The zero-order chi connectivity index (χ0) is 22.7. The molecule has 10 heteroatoms. The number of nitriles is 1. The van der Waals surface area contributed by atoms with Crippen LogP contribution >= 0.6 is 0 Å². The average molecular weight is 414 g/mol. The molecule has 4 N–H and O–H groups in total. The van der Waals surface area contributed by atoms with Crippen molar-refractivity contribution in [1.29, 1.82) is 5.26 Å². The molecule has 10 nitrogen and oxygen atoms in total. The minimum absolute atomic E-state index is 0.0182. The molecule has 2 rings (SSSR count). The molecule has 1 atom stereocenters. The van der Waals surface area contributed by atoms with Gasteiger partial charge < -0.3 is 20.6 Å². The number of phenolic OH excluding ortho intramolecular Hbond substituents is 1. The van der Waals surface area contributed by atoms with E-state index in [4.69, 9.17) is 0 Å². The average Bonchev–Trinajstić information content (AvgIpc) is 2.68. The smallest absolute Gasteiger partial charge is 0.290 e. The van der Waals surface area contributed by atoms with Gasteiger partial charge in [-0.1, -0.05) is 13.8 Å². The fraction of sp³-hybridized carbons (Fsp3) is 0.400. The van der Waals surface area contributed by atoms with Crippen LogP contribution in [0.4, 0.5) is 17.1 Å². The van der Waals surface area contributed by atoms with E-state index in [2.05, 4.69) is 15.7 Å². The summed E-state index contributed by atoms with van der Waals surface area (Å²) in [4.78, 5) is 38.9. The van der Waals surface area contributed by atoms with Crippen molar-refractivity contribution in [2.45, 2.75) is 26.8 Å². The first-order chi connectivity index (χ1) is 14.0.